The van der Waals surface area contributed by atoms with Crippen molar-refractivity contribution in [2.24, 2.45) is 0 Å². The van der Waals surface area contributed by atoms with Crippen LogP contribution in [0.5, 0.6) is 5.75 Å². The molecule has 0 heterocycles. The van der Waals surface area contributed by atoms with E-state index < -0.39 is 25.7 Å². The van der Waals surface area contributed by atoms with Gasteiger partial charge in [-0.2, -0.15) is 0 Å². The monoisotopic (exact) mass is 599 g/mol. The summed E-state index contributed by atoms with van der Waals surface area (Å²) >= 11 is 26.6. The standard InChI is InChI=1S/C19H17BrCl3N3O4S2/c1-3-32(28,29)13-8-9-14(15(10-13)30-2)24-18(31)26-17(19(21,22)23)25-16(27)11-4-6-12(20)7-5-11/h3-10,17H,1H2,2H3,(H,25,27)(H2,24,26,31). The van der Waals surface area contributed by atoms with Gasteiger partial charge in [-0.25, -0.2) is 8.42 Å². The molecule has 0 aliphatic carbocycles. The number of alkyl halides is 3. The van der Waals surface area contributed by atoms with Gasteiger partial charge in [-0.3, -0.25) is 4.79 Å². The molecule has 1 unspecified atom stereocenters. The van der Waals surface area contributed by atoms with E-state index in [1.807, 2.05) is 0 Å². The molecule has 2 rings (SSSR count). The number of methoxy groups -OCH3 is 1. The molecule has 0 fully saturated rings. The summed E-state index contributed by atoms with van der Waals surface area (Å²) in [5.41, 5.74) is 0.684. The zero-order chi connectivity index (χ0) is 24.1. The van der Waals surface area contributed by atoms with Gasteiger partial charge in [-0.15, -0.1) is 0 Å². The Hall–Kier alpha value is -1.56. The van der Waals surface area contributed by atoms with Crippen LogP contribution in [-0.4, -0.2) is 36.5 Å². The van der Waals surface area contributed by atoms with E-state index in [0.717, 1.165) is 9.88 Å². The van der Waals surface area contributed by atoms with E-state index >= 15 is 0 Å². The van der Waals surface area contributed by atoms with Gasteiger partial charge < -0.3 is 20.7 Å². The van der Waals surface area contributed by atoms with Gasteiger partial charge >= 0.3 is 0 Å². The van der Waals surface area contributed by atoms with Crippen molar-refractivity contribution in [2.75, 3.05) is 12.4 Å². The van der Waals surface area contributed by atoms with Gasteiger partial charge in [-0.05, 0) is 48.6 Å². The number of benzene rings is 2. The Bertz CT molecular complexity index is 1120. The van der Waals surface area contributed by atoms with Crippen molar-refractivity contribution in [3.05, 3.63) is 64.5 Å². The second-order valence-corrected chi connectivity index (χ2v) is 11.7. The Morgan fingerprint density at radius 2 is 1.81 bits per heavy atom. The summed E-state index contributed by atoms with van der Waals surface area (Å²) in [6, 6.07) is 10.7. The molecule has 0 aliphatic heterocycles. The van der Waals surface area contributed by atoms with Crippen molar-refractivity contribution in [1.29, 1.82) is 0 Å². The highest BCUT2D eigenvalue weighted by molar-refractivity contribution is 9.10. The molecule has 1 amide bonds. The lowest BCUT2D eigenvalue weighted by molar-refractivity contribution is 0.0934. The Balaban J connectivity index is 2.18. The van der Waals surface area contributed by atoms with Gasteiger partial charge in [0.2, 0.25) is 3.79 Å². The molecule has 2 aromatic carbocycles. The van der Waals surface area contributed by atoms with E-state index in [-0.39, 0.29) is 15.8 Å². The van der Waals surface area contributed by atoms with Gasteiger partial charge in [0.1, 0.15) is 11.9 Å². The van der Waals surface area contributed by atoms with Gasteiger partial charge in [-0.1, -0.05) is 57.3 Å². The van der Waals surface area contributed by atoms with Crippen LogP contribution in [0.2, 0.25) is 0 Å². The molecule has 2 aromatic rings. The lowest BCUT2D eigenvalue weighted by atomic mass is 10.2. The Labute approximate surface area is 214 Å². The minimum absolute atomic E-state index is 0.00490. The Kier molecular flexibility index (Phi) is 9.21. The third-order valence-corrected chi connectivity index (χ3v) is 6.71. The summed E-state index contributed by atoms with van der Waals surface area (Å²) in [5, 5.41) is 8.92. The number of sulfone groups is 1. The number of rotatable bonds is 7. The van der Waals surface area contributed by atoms with Crippen LogP contribution in [0.1, 0.15) is 10.4 Å². The zero-order valence-electron chi connectivity index (χ0n) is 16.4. The smallest absolute Gasteiger partial charge is 0.252 e. The highest BCUT2D eigenvalue weighted by Gasteiger charge is 2.35. The largest absolute Gasteiger partial charge is 0.495 e. The highest BCUT2D eigenvalue weighted by atomic mass is 79.9. The molecule has 0 spiro atoms. The first-order valence-corrected chi connectivity index (χ1v) is 12.5. The SMILES string of the molecule is C=CS(=O)(=O)c1ccc(NC(=S)NC(NC(=O)c2ccc(Br)cc2)C(Cl)(Cl)Cl)c(OC)c1. The number of hydrogen-bond donors (Lipinski definition) is 3. The number of amides is 1. The molecule has 0 radical (unpaired) electrons. The molecular formula is C19H17BrCl3N3O4S2. The van der Waals surface area contributed by atoms with E-state index in [0.29, 0.717) is 11.3 Å². The van der Waals surface area contributed by atoms with Crippen molar-refractivity contribution in [1.82, 2.24) is 10.6 Å². The molecule has 0 saturated carbocycles. The van der Waals surface area contributed by atoms with Crippen LogP contribution in [0.4, 0.5) is 5.69 Å². The molecule has 32 heavy (non-hydrogen) atoms. The van der Waals surface area contributed by atoms with E-state index in [9.17, 15) is 13.2 Å². The van der Waals surface area contributed by atoms with Crippen molar-refractivity contribution >= 4 is 89.5 Å². The second-order valence-electron chi connectivity index (χ2n) is 6.13. The number of halogens is 4. The van der Waals surface area contributed by atoms with Crippen LogP contribution in [0.15, 0.2) is 63.8 Å². The van der Waals surface area contributed by atoms with Crippen LogP contribution in [-0.2, 0) is 9.84 Å². The first-order chi connectivity index (χ1) is 14.9. The van der Waals surface area contributed by atoms with Gasteiger partial charge in [0.05, 0.1) is 17.7 Å². The topological polar surface area (TPSA) is 96.5 Å². The quantitative estimate of drug-likeness (QED) is 0.239. The average molecular weight is 602 g/mol. The first kappa shape index (κ1) is 26.7. The molecule has 13 heteroatoms. The van der Waals surface area contributed by atoms with E-state index in [1.54, 1.807) is 24.3 Å². The molecule has 0 bridgehead atoms. The van der Waals surface area contributed by atoms with Crippen LogP contribution in [0.3, 0.4) is 0 Å². The summed E-state index contributed by atoms with van der Waals surface area (Å²) in [6.45, 7) is 3.29. The van der Waals surface area contributed by atoms with E-state index in [4.69, 9.17) is 51.8 Å². The fraction of sp³-hybridized carbons (Fsp3) is 0.158. The summed E-state index contributed by atoms with van der Waals surface area (Å²) < 4.78 is 28.0. The summed E-state index contributed by atoms with van der Waals surface area (Å²) in [5.74, 6) is -0.304. The first-order valence-electron chi connectivity index (χ1n) is 8.63. The lowest BCUT2D eigenvalue weighted by Gasteiger charge is -2.28. The lowest BCUT2D eigenvalue weighted by Crippen LogP contribution is -2.56. The number of nitrogens with one attached hydrogen (secondary N) is 3. The molecule has 0 saturated heterocycles. The maximum Gasteiger partial charge on any atom is 0.252 e. The molecule has 0 aliphatic rings. The van der Waals surface area contributed by atoms with Gasteiger partial charge in [0.25, 0.3) is 5.91 Å². The van der Waals surface area contributed by atoms with E-state index in [2.05, 4.69) is 38.5 Å². The predicted octanol–water partition coefficient (Wildman–Crippen LogP) is 4.79. The van der Waals surface area contributed by atoms with Crippen LogP contribution in [0, 0.1) is 0 Å². The Morgan fingerprint density at radius 3 is 2.34 bits per heavy atom. The second kappa shape index (κ2) is 11.0. The van der Waals surface area contributed by atoms with Crippen molar-refractivity contribution in [3.8, 4) is 5.75 Å². The number of thiocarbonyl (C=S) groups is 1. The van der Waals surface area contributed by atoms with Gasteiger partial charge in [0, 0.05) is 21.5 Å². The molecule has 172 valence electrons. The fourth-order valence-corrected chi connectivity index (χ4v) is 3.89. The van der Waals surface area contributed by atoms with Gasteiger partial charge in [0.15, 0.2) is 14.9 Å². The highest BCUT2D eigenvalue weighted by Crippen LogP contribution is 2.31. The normalized spacial score (nSPS) is 12.4. The zero-order valence-corrected chi connectivity index (χ0v) is 21.9. The third kappa shape index (κ3) is 7.23. The van der Waals surface area contributed by atoms with Crippen LogP contribution in [0.25, 0.3) is 0 Å². The number of ether oxygens (including phenoxy) is 1. The van der Waals surface area contributed by atoms with Crippen LogP contribution < -0.4 is 20.7 Å². The van der Waals surface area contributed by atoms with Crippen LogP contribution >= 0.6 is 63.0 Å². The number of hydrogen-bond acceptors (Lipinski definition) is 5. The maximum absolute atomic E-state index is 12.5. The third-order valence-electron chi connectivity index (χ3n) is 3.95. The Morgan fingerprint density at radius 1 is 1.19 bits per heavy atom. The molecule has 7 nitrogen and oxygen atoms in total. The van der Waals surface area contributed by atoms with Crippen molar-refractivity contribution in [3.63, 3.8) is 0 Å². The minimum Gasteiger partial charge on any atom is -0.495 e. The summed E-state index contributed by atoms with van der Waals surface area (Å²) in [7, 11) is -2.29. The average Bonchev–Trinajstić information content (AvgIpc) is 2.73. The number of carbonyl (C=O) groups excluding carboxylic acids is 1. The molecule has 1 atom stereocenters. The predicted molar refractivity (Wildman–Crippen MR) is 135 cm³/mol. The summed E-state index contributed by atoms with van der Waals surface area (Å²) in [4.78, 5) is 12.5. The molecule has 3 N–H and O–H groups in total. The number of anilines is 1. The maximum atomic E-state index is 12.5. The summed E-state index contributed by atoms with van der Waals surface area (Å²) in [6.07, 6.45) is -1.20. The van der Waals surface area contributed by atoms with Crippen molar-refractivity contribution < 1.29 is 17.9 Å². The molecule has 0 aromatic heterocycles. The van der Waals surface area contributed by atoms with Crippen molar-refractivity contribution in [2.45, 2.75) is 14.9 Å². The molecular weight excluding hydrogens is 585 g/mol. The van der Waals surface area contributed by atoms with E-state index in [1.165, 1.54) is 25.3 Å². The fourth-order valence-electron chi connectivity index (χ4n) is 2.35. The minimum atomic E-state index is -3.65. The number of carbonyl (C=O) groups is 1.